The standard InChI is InChI=1S/C17H23FN2O2/c18-15-6-4-14(5-7-15)16-3-1-2-8-20(16)13-17(21)19-9-11-22-12-10-19/h4-7,16H,1-3,8-13H2/t16-/m1/s1. The van der Waals surface area contributed by atoms with E-state index in [0.29, 0.717) is 32.8 Å². The Hall–Kier alpha value is -1.46. The molecule has 2 aliphatic rings. The van der Waals surface area contributed by atoms with Gasteiger partial charge in [-0.2, -0.15) is 0 Å². The number of hydrogen-bond donors (Lipinski definition) is 0. The van der Waals surface area contributed by atoms with E-state index in [1.54, 1.807) is 0 Å². The Labute approximate surface area is 130 Å². The van der Waals surface area contributed by atoms with Crippen molar-refractivity contribution in [1.82, 2.24) is 9.80 Å². The van der Waals surface area contributed by atoms with Crippen molar-refractivity contribution in [1.29, 1.82) is 0 Å². The summed E-state index contributed by atoms with van der Waals surface area (Å²) in [5.74, 6) is -0.0344. The average Bonchev–Trinajstić information content (AvgIpc) is 2.57. The molecule has 0 saturated carbocycles. The Balaban J connectivity index is 1.66. The molecule has 2 fully saturated rings. The first-order valence-electron chi connectivity index (χ1n) is 8.09. The van der Waals surface area contributed by atoms with Crippen LogP contribution in [0.3, 0.4) is 0 Å². The third-order valence-corrected chi connectivity index (χ3v) is 4.57. The molecule has 0 bridgehead atoms. The second-order valence-electron chi connectivity index (χ2n) is 6.03. The summed E-state index contributed by atoms with van der Waals surface area (Å²) in [4.78, 5) is 16.6. The van der Waals surface area contributed by atoms with E-state index in [2.05, 4.69) is 4.90 Å². The highest BCUT2D eigenvalue weighted by Crippen LogP contribution is 2.30. The molecule has 5 heteroatoms. The number of rotatable bonds is 3. The molecule has 0 radical (unpaired) electrons. The predicted molar refractivity (Wildman–Crippen MR) is 82.0 cm³/mol. The molecule has 1 aromatic carbocycles. The number of benzene rings is 1. The molecule has 2 saturated heterocycles. The largest absolute Gasteiger partial charge is 0.378 e. The molecule has 1 aromatic rings. The monoisotopic (exact) mass is 306 g/mol. The van der Waals surface area contributed by atoms with E-state index < -0.39 is 0 Å². The van der Waals surface area contributed by atoms with Crippen LogP contribution in [-0.4, -0.2) is 55.1 Å². The fourth-order valence-electron chi connectivity index (χ4n) is 3.33. The molecule has 1 amide bonds. The Morgan fingerprint density at radius 1 is 1.14 bits per heavy atom. The Morgan fingerprint density at radius 3 is 2.59 bits per heavy atom. The van der Waals surface area contributed by atoms with Gasteiger partial charge in [0.15, 0.2) is 0 Å². The van der Waals surface area contributed by atoms with Gasteiger partial charge in [-0.15, -0.1) is 0 Å². The second kappa shape index (κ2) is 7.20. The lowest BCUT2D eigenvalue weighted by Gasteiger charge is -2.37. The van der Waals surface area contributed by atoms with Gasteiger partial charge in [0, 0.05) is 19.1 Å². The van der Waals surface area contributed by atoms with Crippen molar-refractivity contribution in [3.63, 3.8) is 0 Å². The predicted octanol–water partition coefficient (Wildman–Crippen LogP) is 2.21. The lowest BCUT2D eigenvalue weighted by Crippen LogP contribution is -2.47. The Bertz CT molecular complexity index is 500. The fourth-order valence-corrected chi connectivity index (χ4v) is 3.33. The quantitative estimate of drug-likeness (QED) is 0.858. The van der Waals surface area contributed by atoms with E-state index in [0.717, 1.165) is 31.4 Å². The third kappa shape index (κ3) is 3.65. The van der Waals surface area contributed by atoms with Crippen molar-refractivity contribution in [3.05, 3.63) is 35.6 Å². The van der Waals surface area contributed by atoms with Crippen molar-refractivity contribution < 1.29 is 13.9 Å². The van der Waals surface area contributed by atoms with E-state index in [9.17, 15) is 9.18 Å². The Morgan fingerprint density at radius 2 is 1.86 bits per heavy atom. The average molecular weight is 306 g/mol. The van der Waals surface area contributed by atoms with Crippen molar-refractivity contribution in [2.24, 2.45) is 0 Å². The zero-order valence-corrected chi connectivity index (χ0v) is 12.8. The van der Waals surface area contributed by atoms with Gasteiger partial charge in [-0.05, 0) is 37.1 Å². The van der Waals surface area contributed by atoms with Gasteiger partial charge >= 0.3 is 0 Å². The first-order valence-corrected chi connectivity index (χ1v) is 8.09. The number of carbonyl (C=O) groups excluding carboxylic acids is 1. The van der Waals surface area contributed by atoms with Crippen LogP contribution < -0.4 is 0 Å². The number of carbonyl (C=O) groups is 1. The summed E-state index contributed by atoms with van der Waals surface area (Å²) in [6.07, 6.45) is 3.31. The van der Waals surface area contributed by atoms with E-state index >= 15 is 0 Å². The van der Waals surface area contributed by atoms with Gasteiger partial charge in [0.25, 0.3) is 0 Å². The third-order valence-electron chi connectivity index (χ3n) is 4.57. The molecule has 2 aliphatic heterocycles. The van der Waals surface area contributed by atoms with E-state index in [4.69, 9.17) is 4.74 Å². The van der Waals surface area contributed by atoms with Crippen LogP contribution in [0.4, 0.5) is 4.39 Å². The smallest absolute Gasteiger partial charge is 0.236 e. The molecule has 4 nitrogen and oxygen atoms in total. The van der Waals surface area contributed by atoms with Gasteiger partial charge in [0.05, 0.1) is 19.8 Å². The number of amides is 1. The number of morpholine rings is 1. The summed E-state index contributed by atoms with van der Waals surface area (Å²) < 4.78 is 18.4. The van der Waals surface area contributed by atoms with Crippen LogP contribution in [0.2, 0.25) is 0 Å². The van der Waals surface area contributed by atoms with Gasteiger partial charge in [-0.3, -0.25) is 9.69 Å². The zero-order chi connectivity index (χ0) is 15.4. The van der Waals surface area contributed by atoms with Gasteiger partial charge in [0.1, 0.15) is 5.82 Å². The number of piperidine rings is 1. The molecular formula is C17H23FN2O2. The van der Waals surface area contributed by atoms with Gasteiger partial charge in [-0.25, -0.2) is 4.39 Å². The maximum absolute atomic E-state index is 13.1. The molecule has 0 aromatic heterocycles. The highest BCUT2D eigenvalue weighted by Gasteiger charge is 2.27. The summed E-state index contributed by atoms with van der Waals surface area (Å²) in [5.41, 5.74) is 1.11. The summed E-state index contributed by atoms with van der Waals surface area (Å²) in [5, 5.41) is 0. The highest BCUT2D eigenvalue weighted by atomic mass is 19.1. The number of likely N-dealkylation sites (tertiary alicyclic amines) is 1. The summed E-state index contributed by atoms with van der Waals surface area (Å²) >= 11 is 0. The Kier molecular flexibility index (Phi) is 5.05. The molecule has 0 unspecified atom stereocenters. The first-order chi connectivity index (χ1) is 10.7. The molecule has 1 atom stereocenters. The molecule has 2 heterocycles. The van der Waals surface area contributed by atoms with Crippen LogP contribution in [0.15, 0.2) is 24.3 Å². The zero-order valence-electron chi connectivity index (χ0n) is 12.8. The first kappa shape index (κ1) is 15.4. The number of hydrogen-bond acceptors (Lipinski definition) is 3. The lowest BCUT2D eigenvalue weighted by molar-refractivity contribution is -0.137. The number of nitrogens with zero attached hydrogens (tertiary/aromatic N) is 2. The van der Waals surface area contributed by atoms with Crippen LogP contribution in [0.5, 0.6) is 0 Å². The van der Waals surface area contributed by atoms with Crippen LogP contribution in [0.1, 0.15) is 30.9 Å². The van der Waals surface area contributed by atoms with Crippen LogP contribution in [-0.2, 0) is 9.53 Å². The fraction of sp³-hybridized carbons (Fsp3) is 0.588. The topological polar surface area (TPSA) is 32.8 Å². The van der Waals surface area contributed by atoms with E-state index in [-0.39, 0.29) is 17.8 Å². The molecule has 3 rings (SSSR count). The molecule has 0 spiro atoms. The van der Waals surface area contributed by atoms with Crippen molar-refractivity contribution >= 4 is 5.91 Å². The number of ether oxygens (including phenoxy) is 1. The van der Waals surface area contributed by atoms with Crippen molar-refractivity contribution in [2.75, 3.05) is 39.4 Å². The molecular weight excluding hydrogens is 283 g/mol. The molecule has 0 aliphatic carbocycles. The maximum atomic E-state index is 13.1. The number of halogens is 1. The second-order valence-corrected chi connectivity index (χ2v) is 6.03. The lowest BCUT2D eigenvalue weighted by atomic mass is 9.95. The SMILES string of the molecule is O=C(CN1CCCC[C@@H]1c1ccc(F)cc1)N1CCOCC1. The molecule has 0 N–H and O–H groups in total. The van der Waals surface area contributed by atoms with E-state index in [1.165, 1.54) is 12.1 Å². The maximum Gasteiger partial charge on any atom is 0.236 e. The van der Waals surface area contributed by atoms with E-state index in [1.807, 2.05) is 17.0 Å². The van der Waals surface area contributed by atoms with Crippen LogP contribution in [0.25, 0.3) is 0 Å². The van der Waals surface area contributed by atoms with Crippen LogP contribution in [0, 0.1) is 5.82 Å². The molecule has 22 heavy (non-hydrogen) atoms. The summed E-state index contributed by atoms with van der Waals surface area (Å²) in [6, 6.07) is 6.92. The van der Waals surface area contributed by atoms with Crippen LogP contribution >= 0.6 is 0 Å². The van der Waals surface area contributed by atoms with Gasteiger partial charge < -0.3 is 9.64 Å². The highest BCUT2D eigenvalue weighted by molar-refractivity contribution is 5.78. The van der Waals surface area contributed by atoms with Crippen molar-refractivity contribution in [2.45, 2.75) is 25.3 Å². The summed E-state index contributed by atoms with van der Waals surface area (Å²) in [6.45, 7) is 4.02. The van der Waals surface area contributed by atoms with Crippen molar-refractivity contribution in [3.8, 4) is 0 Å². The minimum Gasteiger partial charge on any atom is -0.378 e. The molecule has 120 valence electrons. The minimum atomic E-state index is -0.212. The van der Waals surface area contributed by atoms with Gasteiger partial charge in [-0.1, -0.05) is 18.6 Å². The van der Waals surface area contributed by atoms with Gasteiger partial charge in [0.2, 0.25) is 5.91 Å². The minimum absolute atomic E-state index is 0.178. The summed E-state index contributed by atoms with van der Waals surface area (Å²) in [7, 11) is 0. The normalized spacial score (nSPS) is 23.5.